The zero-order chi connectivity index (χ0) is 10.4. The van der Waals surface area contributed by atoms with Gasteiger partial charge >= 0.3 is 0 Å². The van der Waals surface area contributed by atoms with Crippen LogP contribution in [0.15, 0.2) is 22.8 Å². The standard InChI is InChI=1S/C11H19NOS/c1-9(6-8-14-3)12-10(2)11-5-4-7-13-11/h4-5,7,9-10,12H,6,8H2,1-3H3. The Bertz CT molecular complexity index is 235. The lowest BCUT2D eigenvalue weighted by molar-refractivity contribution is 0.395. The summed E-state index contributed by atoms with van der Waals surface area (Å²) in [6.07, 6.45) is 5.06. The van der Waals surface area contributed by atoms with Crippen molar-refractivity contribution in [2.45, 2.75) is 32.4 Å². The molecule has 2 atom stereocenters. The molecule has 80 valence electrons. The van der Waals surface area contributed by atoms with Gasteiger partial charge < -0.3 is 9.73 Å². The molecule has 0 aliphatic carbocycles. The molecule has 0 spiro atoms. The molecule has 0 aliphatic rings. The van der Waals surface area contributed by atoms with Crippen LogP contribution in [0.1, 0.15) is 32.1 Å². The third-order valence-corrected chi connectivity index (χ3v) is 2.90. The molecular weight excluding hydrogens is 194 g/mol. The molecule has 1 N–H and O–H groups in total. The minimum Gasteiger partial charge on any atom is -0.468 e. The van der Waals surface area contributed by atoms with Crippen molar-refractivity contribution in [3.05, 3.63) is 24.2 Å². The molecule has 0 saturated carbocycles. The second-order valence-corrected chi connectivity index (χ2v) is 4.57. The van der Waals surface area contributed by atoms with Crippen LogP contribution in [0.25, 0.3) is 0 Å². The van der Waals surface area contributed by atoms with Crippen LogP contribution in [0.4, 0.5) is 0 Å². The van der Waals surface area contributed by atoms with Crippen LogP contribution in [0.3, 0.4) is 0 Å². The lowest BCUT2D eigenvalue weighted by Crippen LogP contribution is -2.29. The van der Waals surface area contributed by atoms with E-state index in [4.69, 9.17) is 4.42 Å². The normalized spacial score (nSPS) is 15.4. The second kappa shape index (κ2) is 6.14. The van der Waals surface area contributed by atoms with Gasteiger partial charge in [-0.25, -0.2) is 0 Å². The first-order valence-electron chi connectivity index (χ1n) is 5.02. The predicted molar refractivity (Wildman–Crippen MR) is 62.7 cm³/mol. The summed E-state index contributed by atoms with van der Waals surface area (Å²) >= 11 is 1.89. The van der Waals surface area contributed by atoms with E-state index in [0.29, 0.717) is 12.1 Å². The highest BCUT2D eigenvalue weighted by atomic mass is 32.2. The summed E-state index contributed by atoms with van der Waals surface area (Å²) in [6, 6.07) is 4.79. The molecule has 0 aromatic carbocycles. The number of thioether (sulfide) groups is 1. The van der Waals surface area contributed by atoms with E-state index in [2.05, 4.69) is 25.4 Å². The van der Waals surface area contributed by atoms with Crippen molar-refractivity contribution in [3.8, 4) is 0 Å². The molecule has 1 aromatic rings. The number of hydrogen-bond acceptors (Lipinski definition) is 3. The Labute approximate surface area is 90.5 Å². The maximum Gasteiger partial charge on any atom is 0.120 e. The lowest BCUT2D eigenvalue weighted by atomic mass is 10.2. The molecule has 1 rings (SSSR count). The van der Waals surface area contributed by atoms with E-state index in [9.17, 15) is 0 Å². The summed E-state index contributed by atoms with van der Waals surface area (Å²) in [4.78, 5) is 0. The summed E-state index contributed by atoms with van der Waals surface area (Å²) in [5.74, 6) is 2.22. The summed E-state index contributed by atoms with van der Waals surface area (Å²) in [5.41, 5.74) is 0. The molecule has 0 saturated heterocycles. The molecule has 3 heteroatoms. The van der Waals surface area contributed by atoms with E-state index < -0.39 is 0 Å². The fraction of sp³-hybridized carbons (Fsp3) is 0.636. The molecule has 0 bridgehead atoms. The molecule has 2 unspecified atom stereocenters. The molecule has 1 heterocycles. The average molecular weight is 213 g/mol. The Morgan fingerprint density at radius 2 is 2.29 bits per heavy atom. The first-order chi connectivity index (χ1) is 6.74. The summed E-state index contributed by atoms with van der Waals surface area (Å²) < 4.78 is 5.33. The summed E-state index contributed by atoms with van der Waals surface area (Å²) in [7, 11) is 0. The Kier molecular flexibility index (Phi) is 5.12. The van der Waals surface area contributed by atoms with Gasteiger partial charge in [0.15, 0.2) is 0 Å². The Morgan fingerprint density at radius 3 is 2.86 bits per heavy atom. The van der Waals surface area contributed by atoms with E-state index in [1.807, 2.05) is 23.9 Å². The zero-order valence-corrected chi connectivity index (χ0v) is 9.93. The van der Waals surface area contributed by atoms with Gasteiger partial charge in [0.05, 0.1) is 12.3 Å². The van der Waals surface area contributed by atoms with Gasteiger partial charge in [-0.2, -0.15) is 11.8 Å². The molecule has 1 aromatic heterocycles. The van der Waals surface area contributed by atoms with Gasteiger partial charge in [-0.05, 0) is 44.4 Å². The number of furan rings is 1. The Balaban J connectivity index is 2.29. The van der Waals surface area contributed by atoms with Crippen molar-refractivity contribution in [3.63, 3.8) is 0 Å². The van der Waals surface area contributed by atoms with Gasteiger partial charge in [0.25, 0.3) is 0 Å². The number of nitrogens with one attached hydrogen (secondary N) is 1. The van der Waals surface area contributed by atoms with Crippen molar-refractivity contribution < 1.29 is 4.42 Å². The van der Waals surface area contributed by atoms with Gasteiger partial charge in [0, 0.05) is 6.04 Å². The third-order valence-electron chi connectivity index (χ3n) is 2.26. The van der Waals surface area contributed by atoms with Crippen LogP contribution in [0.5, 0.6) is 0 Å². The van der Waals surface area contributed by atoms with E-state index in [1.54, 1.807) is 6.26 Å². The van der Waals surface area contributed by atoms with Crippen molar-refractivity contribution in [1.82, 2.24) is 5.32 Å². The van der Waals surface area contributed by atoms with Crippen LogP contribution in [0, 0.1) is 0 Å². The SMILES string of the molecule is CSCCC(C)NC(C)c1ccco1. The van der Waals surface area contributed by atoms with Crippen molar-refractivity contribution in [2.24, 2.45) is 0 Å². The number of hydrogen-bond donors (Lipinski definition) is 1. The average Bonchev–Trinajstić information content (AvgIpc) is 2.67. The molecule has 14 heavy (non-hydrogen) atoms. The molecule has 0 fully saturated rings. The van der Waals surface area contributed by atoms with Crippen LogP contribution in [0.2, 0.25) is 0 Å². The van der Waals surface area contributed by atoms with Crippen molar-refractivity contribution in [1.29, 1.82) is 0 Å². The Hall–Kier alpha value is -0.410. The molecule has 0 amide bonds. The minimum absolute atomic E-state index is 0.307. The van der Waals surface area contributed by atoms with Crippen molar-refractivity contribution >= 4 is 11.8 Å². The van der Waals surface area contributed by atoms with E-state index in [1.165, 1.54) is 12.2 Å². The second-order valence-electron chi connectivity index (χ2n) is 3.59. The van der Waals surface area contributed by atoms with Crippen LogP contribution >= 0.6 is 11.8 Å². The van der Waals surface area contributed by atoms with Crippen LogP contribution in [-0.2, 0) is 0 Å². The maximum absolute atomic E-state index is 5.33. The maximum atomic E-state index is 5.33. The minimum atomic E-state index is 0.307. The highest BCUT2D eigenvalue weighted by molar-refractivity contribution is 7.98. The van der Waals surface area contributed by atoms with Gasteiger partial charge in [-0.15, -0.1) is 0 Å². The van der Waals surface area contributed by atoms with Crippen molar-refractivity contribution in [2.75, 3.05) is 12.0 Å². The number of rotatable bonds is 6. The molecule has 0 radical (unpaired) electrons. The highest BCUT2D eigenvalue weighted by Gasteiger charge is 2.10. The Morgan fingerprint density at radius 1 is 1.50 bits per heavy atom. The third kappa shape index (κ3) is 3.76. The fourth-order valence-corrected chi connectivity index (χ4v) is 2.01. The van der Waals surface area contributed by atoms with Gasteiger partial charge in [0.2, 0.25) is 0 Å². The van der Waals surface area contributed by atoms with E-state index in [0.717, 1.165) is 5.76 Å². The molecular formula is C11H19NOS. The first kappa shape index (κ1) is 11.7. The van der Waals surface area contributed by atoms with Gasteiger partial charge in [-0.1, -0.05) is 0 Å². The first-order valence-corrected chi connectivity index (χ1v) is 6.41. The smallest absolute Gasteiger partial charge is 0.120 e. The van der Waals surface area contributed by atoms with Crippen LogP contribution in [-0.4, -0.2) is 18.1 Å². The van der Waals surface area contributed by atoms with Gasteiger partial charge in [0.1, 0.15) is 5.76 Å². The molecule has 2 nitrogen and oxygen atoms in total. The quantitative estimate of drug-likeness (QED) is 0.786. The lowest BCUT2D eigenvalue weighted by Gasteiger charge is -2.17. The molecule has 0 aliphatic heterocycles. The summed E-state index contributed by atoms with van der Waals surface area (Å²) in [5, 5.41) is 3.51. The zero-order valence-electron chi connectivity index (χ0n) is 9.12. The summed E-state index contributed by atoms with van der Waals surface area (Å²) in [6.45, 7) is 4.35. The largest absolute Gasteiger partial charge is 0.468 e. The fourth-order valence-electron chi connectivity index (χ4n) is 1.42. The monoisotopic (exact) mass is 213 g/mol. The van der Waals surface area contributed by atoms with E-state index >= 15 is 0 Å². The highest BCUT2D eigenvalue weighted by Crippen LogP contribution is 2.14. The van der Waals surface area contributed by atoms with Gasteiger partial charge in [-0.3, -0.25) is 0 Å². The van der Waals surface area contributed by atoms with Crippen LogP contribution < -0.4 is 5.32 Å². The predicted octanol–water partition coefficient (Wildman–Crippen LogP) is 3.07. The topological polar surface area (TPSA) is 25.2 Å². The van der Waals surface area contributed by atoms with E-state index in [-0.39, 0.29) is 0 Å².